The lowest BCUT2D eigenvalue weighted by atomic mass is 10.2. The largest absolute Gasteiger partial charge is 0.478 e. The number of carboxylic acid groups (broad SMARTS) is 1. The van der Waals surface area contributed by atoms with Crippen molar-refractivity contribution in [3.8, 4) is 0 Å². The van der Waals surface area contributed by atoms with Gasteiger partial charge in [0.25, 0.3) is 0 Å². The highest BCUT2D eigenvalue weighted by Gasteiger charge is 2.11. The molecule has 0 aromatic heterocycles. The molecule has 2 aromatic rings. The molecule has 4 heteroatoms. The molecule has 0 aliphatic rings. The molecule has 2 rings (SSSR count). The Labute approximate surface area is 115 Å². The Hall–Kier alpha value is -1.45. The third kappa shape index (κ3) is 2.86. The van der Waals surface area contributed by atoms with E-state index in [1.807, 2.05) is 31.2 Å². The van der Waals surface area contributed by atoms with Gasteiger partial charge in [-0.2, -0.15) is 0 Å². The number of hydrogen-bond donors (Lipinski definition) is 1. The third-order valence-corrected chi connectivity index (χ3v) is 3.96. The summed E-state index contributed by atoms with van der Waals surface area (Å²) in [5.41, 5.74) is 1.38. The Balaban J connectivity index is 2.40. The molecule has 18 heavy (non-hydrogen) atoms. The van der Waals surface area contributed by atoms with Crippen molar-refractivity contribution in [2.75, 3.05) is 0 Å². The number of benzene rings is 2. The second-order valence-electron chi connectivity index (χ2n) is 3.81. The van der Waals surface area contributed by atoms with Gasteiger partial charge in [0.2, 0.25) is 0 Å². The summed E-state index contributed by atoms with van der Waals surface area (Å²) in [6, 6.07) is 12.5. The van der Waals surface area contributed by atoms with Crippen molar-refractivity contribution in [2.24, 2.45) is 0 Å². The molecule has 0 atom stereocenters. The van der Waals surface area contributed by atoms with Crippen molar-refractivity contribution in [3.63, 3.8) is 0 Å². The zero-order valence-electron chi connectivity index (χ0n) is 9.68. The lowest BCUT2D eigenvalue weighted by Crippen LogP contribution is -1.98. The van der Waals surface area contributed by atoms with Gasteiger partial charge in [-0.25, -0.2) is 4.79 Å². The molecule has 92 valence electrons. The van der Waals surface area contributed by atoms with Gasteiger partial charge in [-0.1, -0.05) is 41.6 Å². The molecule has 0 radical (unpaired) electrons. The Bertz CT molecular complexity index is 596. The summed E-state index contributed by atoms with van der Waals surface area (Å²) < 4.78 is 0. The first kappa shape index (κ1) is 13.0. The van der Waals surface area contributed by atoms with Gasteiger partial charge in [-0.15, -0.1) is 0 Å². The average molecular weight is 279 g/mol. The van der Waals surface area contributed by atoms with Crippen LogP contribution in [-0.2, 0) is 0 Å². The summed E-state index contributed by atoms with van der Waals surface area (Å²) in [7, 11) is 0. The van der Waals surface area contributed by atoms with Gasteiger partial charge in [0.05, 0.1) is 5.56 Å². The zero-order chi connectivity index (χ0) is 13.1. The molecule has 0 spiro atoms. The number of carbonyl (C=O) groups is 1. The molecule has 2 nitrogen and oxygen atoms in total. The average Bonchev–Trinajstić information content (AvgIpc) is 2.34. The maximum absolute atomic E-state index is 11.1. The first-order valence-electron chi connectivity index (χ1n) is 5.34. The highest BCUT2D eigenvalue weighted by atomic mass is 35.5. The van der Waals surface area contributed by atoms with Crippen molar-refractivity contribution < 1.29 is 9.90 Å². The van der Waals surface area contributed by atoms with Crippen molar-refractivity contribution >= 4 is 29.3 Å². The Morgan fingerprint density at radius 1 is 1.17 bits per heavy atom. The number of aromatic carboxylic acids is 1. The van der Waals surface area contributed by atoms with Crippen LogP contribution in [0.15, 0.2) is 52.3 Å². The lowest BCUT2D eigenvalue weighted by Gasteiger charge is -2.08. The normalized spacial score (nSPS) is 10.3. The predicted octanol–water partition coefficient (Wildman–Crippen LogP) is 4.50. The SMILES string of the molecule is Cc1ccc(Cl)cc1Sc1ccccc1C(=O)O. The first-order valence-corrected chi connectivity index (χ1v) is 6.53. The van der Waals surface area contributed by atoms with Gasteiger partial charge in [-0.3, -0.25) is 0 Å². The van der Waals surface area contributed by atoms with Crippen LogP contribution in [0, 0.1) is 6.92 Å². The Kier molecular flexibility index (Phi) is 3.94. The number of halogens is 1. The third-order valence-electron chi connectivity index (χ3n) is 2.49. The standard InChI is InChI=1S/C14H11ClO2S/c1-9-6-7-10(15)8-13(9)18-12-5-3-2-4-11(12)14(16)17/h2-8H,1H3,(H,16,17). The molecule has 0 bridgehead atoms. The van der Waals surface area contributed by atoms with Crippen molar-refractivity contribution in [2.45, 2.75) is 16.7 Å². The molecular weight excluding hydrogens is 268 g/mol. The maximum atomic E-state index is 11.1. The fourth-order valence-electron chi connectivity index (χ4n) is 1.53. The van der Waals surface area contributed by atoms with Crippen LogP contribution in [0.3, 0.4) is 0 Å². The van der Waals surface area contributed by atoms with Gasteiger partial charge in [-0.05, 0) is 36.8 Å². The fourth-order valence-corrected chi connectivity index (χ4v) is 2.84. The van der Waals surface area contributed by atoms with Gasteiger partial charge >= 0.3 is 5.97 Å². The molecular formula is C14H11ClO2S. The molecule has 0 aliphatic heterocycles. The van der Waals surface area contributed by atoms with Crippen molar-refractivity contribution in [1.29, 1.82) is 0 Å². The van der Waals surface area contributed by atoms with Gasteiger partial charge in [0.15, 0.2) is 0 Å². The minimum absolute atomic E-state index is 0.307. The van der Waals surface area contributed by atoms with Crippen LogP contribution in [0.2, 0.25) is 5.02 Å². The maximum Gasteiger partial charge on any atom is 0.336 e. The smallest absolute Gasteiger partial charge is 0.336 e. The van der Waals surface area contributed by atoms with Crippen LogP contribution in [0.25, 0.3) is 0 Å². The highest BCUT2D eigenvalue weighted by Crippen LogP contribution is 2.34. The summed E-state index contributed by atoms with van der Waals surface area (Å²) in [5, 5.41) is 9.78. The molecule has 2 aromatic carbocycles. The number of rotatable bonds is 3. The second kappa shape index (κ2) is 5.46. The molecule has 0 amide bonds. The topological polar surface area (TPSA) is 37.3 Å². The van der Waals surface area contributed by atoms with E-state index in [1.165, 1.54) is 11.8 Å². The van der Waals surface area contributed by atoms with Crippen LogP contribution >= 0.6 is 23.4 Å². The van der Waals surface area contributed by atoms with E-state index in [1.54, 1.807) is 18.2 Å². The van der Waals surface area contributed by atoms with E-state index in [9.17, 15) is 4.79 Å². The predicted molar refractivity (Wildman–Crippen MR) is 73.7 cm³/mol. The summed E-state index contributed by atoms with van der Waals surface area (Å²) in [6.07, 6.45) is 0. The van der Waals surface area contributed by atoms with E-state index in [-0.39, 0.29) is 0 Å². The number of hydrogen-bond acceptors (Lipinski definition) is 2. The van der Waals surface area contributed by atoms with Crippen LogP contribution in [0.1, 0.15) is 15.9 Å². The molecule has 0 fully saturated rings. The van der Waals surface area contributed by atoms with E-state index in [4.69, 9.17) is 16.7 Å². The summed E-state index contributed by atoms with van der Waals surface area (Å²) in [4.78, 5) is 12.8. The quantitative estimate of drug-likeness (QED) is 0.898. The molecule has 0 saturated carbocycles. The van der Waals surface area contributed by atoms with E-state index in [0.29, 0.717) is 10.6 Å². The van der Waals surface area contributed by atoms with E-state index in [0.717, 1.165) is 15.4 Å². The zero-order valence-corrected chi connectivity index (χ0v) is 11.3. The molecule has 1 N–H and O–H groups in total. The minimum atomic E-state index is -0.919. The fraction of sp³-hybridized carbons (Fsp3) is 0.0714. The highest BCUT2D eigenvalue weighted by molar-refractivity contribution is 7.99. The van der Waals surface area contributed by atoms with E-state index < -0.39 is 5.97 Å². The van der Waals surface area contributed by atoms with Crippen molar-refractivity contribution in [1.82, 2.24) is 0 Å². The minimum Gasteiger partial charge on any atom is -0.478 e. The van der Waals surface area contributed by atoms with Gasteiger partial charge in [0.1, 0.15) is 0 Å². The Morgan fingerprint density at radius 2 is 1.89 bits per heavy atom. The summed E-state index contributed by atoms with van der Waals surface area (Å²) in [5.74, 6) is -0.919. The van der Waals surface area contributed by atoms with Crippen LogP contribution in [0.5, 0.6) is 0 Å². The summed E-state index contributed by atoms with van der Waals surface area (Å²) >= 11 is 7.37. The first-order chi connectivity index (χ1) is 8.58. The summed E-state index contributed by atoms with van der Waals surface area (Å²) in [6.45, 7) is 1.97. The second-order valence-corrected chi connectivity index (χ2v) is 5.33. The van der Waals surface area contributed by atoms with Crippen LogP contribution < -0.4 is 0 Å². The lowest BCUT2D eigenvalue weighted by molar-refractivity contribution is 0.0693. The molecule has 0 saturated heterocycles. The number of aryl methyl sites for hydroxylation is 1. The van der Waals surface area contributed by atoms with Crippen LogP contribution in [-0.4, -0.2) is 11.1 Å². The van der Waals surface area contributed by atoms with Gasteiger partial charge in [0, 0.05) is 14.8 Å². The van der Waals surface area contributed by atoms with E-state index >= 15 is 0 Å². The van der Waals surface area contributed by atoms with Crippen molar-refractivity contribution in [3.05, 3.63) is 58.6 Å². The van der Waals surface area contributed by atoms with Crippen LogP contribution in [0.4, 0.5) is 0 Å². The monoisotopic (exact) mass is 278 g/mol. The molecule has 0 aliphatic carbocycles. The molecule has 0 unspecified atom stereocenters. The Morgan fingerprint density at radius 3 is 2.61 bits per heavy atom. The molecule has 0 heterocycles. The number of carboxylic acids is 1. The van der Waals surface area contributed by atoms with E-state index in [2.05, 4.69) is 0 Å². The van der Waals surface area contributed by atoms with Gasteiger partial charge < -0.3 is 5.11 Å².